The second-order valence-electron chi connectivity index (χ2n) is 9.80. The summed E-state index contributed by atoms with van der Waals surface area (Å²) in [5, 5.41) is 9.39. The molecule has 10 heteroatoms. The van der Waals surface area contributed by atoms with Crippen molar-refractivity contribution in [1.82, 2.24) is 4.57 Å². The van der Waals surface area contributed by atoms with E-state index in [0.717, 1.165) is 16.7 Å². The molecule has 2 heterocycles. The highest BCUT2D eigenvalue weighted by Gasteiger charge is 2.33. The van der Waals surface area contributed by atoms with Gasteiger partial charge in [0.2, 0.25) is 0 Å². The van der Waals surface area contributed by atoms with E-state index in [9.17, 15) is 14.9 Å². The lowest BCUT2D eigenvalue weighted by molar-refractivity contribution is -0.139. The molecular formula is C33H28BrN3O5S. The summed E-state index contributed by atoms with van der Waals surface area (Å²) in [5.74, 6) is 0.452. The van der Waals surface area contributed by atoms with Gasteiger partial charge in [0.05, 0.1) is 47.2 Å². The van der Waals surface area contributed by atoms with Crippen LogP contribution in [0.2, 0.25) is 0 Å². The van der Waals surface area contributed by atoms with Gasteiger partial charge < -0.3 is 14.2 Å². The minimum atomic E-state index is -0.678. The van der Waals surface area contributed by atoms with Crippen molar-refractivity contribution in [3.05, 3.63) is 124 Å². The maximum atomic E-state index is 14.0. The van der Waals surface area contributed by atoms with E-state index in [1.807, 2.05) is 43.3 Å². The van der Waals surface area contributed by atoms with Gasteiger partial charge in [0.1, 0.15) is 6.61 Å². The SMILES string of the molecule is CCOC(=O)C1=C(C)N=c2s/c(=C/c3cc(OC)c(OCc4ccccc4C#N)cc3Br)c(=O)n2[C@H]1c1ccc(C)cc1. The molecule has 43 heavy (non-hydrogen) atoms. The van der Waals surface area contributed by atoms with Crippen molar-refractivity contribution < 1.29 is 19.0 Å². The number of thiazole rings is 1. The molecular weight excluding hydrogens is 630 g/mol. The molecule has 0 saturated carbocycles. The number of carbonyl (C=O) groups excluding carboxylic acids is 1. The number of rotatable bonds is 8. The Morgan fingerprint density at radius 3 is 2.58 bits per heavy atom. The molecule has 0 fully saturated rings. The maximum Gasteiger partial charge on any atom is 0.338 e. The first kappa shape index (κ1) is 30.0. The highest BCUT2D eigenvalue weighted by Crippen LogP contribution is 2.35. The van der Waals surface area contributed by atoms with Crippen LogP contribution in [-0.4, -0.2) is 24.3 Å². The van der Waals surface area contributed by atoms with Gasteiger partial charge in [-0.2, -0.15) is 5.26 Å². The lowest BCUT2D eigenvalue weighted by Gasteiger charge is -2.24. The van der Waals surface area contributed by atoms with Gasteiger partial charge >= 0.3 is 5.97 Å². The Labute approximate surface area is 260 Å². The molecule has 8 nitrogen and oxygen atoms in total. The fourth-order valence-corrected chi connectivity index (χ4v) is 6.32. The number of hydrogen-bond donors (Lipinski definition) is 0. The molecule has 1 atom stereocenters. The first-order chi connectivity index (χ1) is 20.7. The third-order valence-electron chi connectivity index (χ3n) is 7.00. The number of halogens is 1. The lowest BCUT2D eigenvalue weighted by atomic mass is 9.95. The van der Waals surface area contributed by atoms with Crippen molar-refractivity contribution in [3.63, 3.8) is 0 Å². The first-order valence-corrected chi connectivity index (χ1v) is 15.1. The number of fused-ring (bicyclic) bond motifs is 1. The Morgan fingerprint density at radius 1 is 1.14 bits per heavy atom. The molecule has 1 aliphatic heterocycles. The van der Waals surface area contributed by atoms with E-state index in [-0.39, 0.29) is 18.8 Å². The predicted molar refractivity (Wildman–Crippen MR) is 168 cm³/mol. The Balaban J connectivity index is 1.57. The molecule has 0 spiro atoms. The number of nitriles is 1. The summed E-state index contributed by atoms with van der Waals surface area (Å²) in [7, 11) is 1.54. The van der Waals surface area contributed by atoms with Crippen molar-refractivity contribution in [2.45, 2.75) is 33.4 Å². The van der Waals surface area contributed by atoms with Crippen molar-refractivity contribution >= 4 is 39.3 Å². The van der Waals surface area contributed by atoms with Crippen LogP contribution in [0.1, 0.15) is 47.7 Å². The molecule has 0 unspecified atom stereocenters. The topological polar surface area (TPSA) is 103 Å². The summed E-state index contributed by atoms with van der Waals surface area (Å²) in [6.45, 7) is 5.89. The zero-order valence-electron chi connectivity index (χ0n) is 24.0. The van der Waals surface area contributed by atoms with Gasteiger partial charge in [-0.15, -0.1) is 0 Å². The molecule has 0 radical (unpaired) electrons. The Kier molecular flexibility index (Phi) is 8.94. The van der Waals surface area contributed by atoms with E-state index >= 15 is 0 Å². The van der Waals surface area contributed by atoms with Crippen molar-refractivity contribution in [3.8, 4) is 17.6 Å². The highest BCUT2D eigenvalue weighted by molar-refractivity contribution is 9.10. The summed E-state index contributed by atoms with van der Waals surface area (Å²) >= 11 is 4.86. The molecule has 0 bridgehead atoms. The van der Waals surface area contributed by atoms with Crippen LogP contribution in [0.25, 0.3) is 6.08 Å². The van der Waals surface area contributed by atoms with Gasteiger partial charge in [-0.25, -0.2) is 9.79 Å². The summed E-state index contributed by atoms with van der Waals surface area (Å²) in [5.41, 5.74) is 4.42. The third-order valence-corrected chi connectivity index (χ3v) is 8.67. The highest BCUT2D eigenvalue weighted by atomic mass is 79.9. The van der Waals surface area contributed by atoms with Crippen LogP contribution in [-0.2, 0) is 16.1 Å². The average Bonchev–Trinajstić information content (AvgIpc) is 3.30. The van der Waals surface area contributed by atoms with Crippen LogP contribution in [0.15, 0.2) is 86.2 Å². The van der Waals surface area contributed by atoms with E-state index in [4.69, 9.17) is 14.2 Å². The van der Waals surface area contributed by atoms with Gasteiger partial charge in [0.25, 0.3) is 5.56 Å². The second kappa shape index (κ2) is 12.8. The third kappa shape index (κ3) is 6.05. The predicted octanol–water partition coefficient (Wildman–Crippen LogP) is 5.33. The molecule has 1 aromatic heterocycles. The van der Waals surface area contributed by atoms with Gasteiger partial charge in [-0.05, 0) is 56.2 Å². The van der Waals surface area contributed by atoms with E-state index < -0.39 is 12.0 Å². The van der Waals surface area contributed by atoms with E-state index in [0.29, 0.717) is 47.7 Å². The number of allylic oxidation sites excluding steroid dienone is 1. The number of benzene rings is 3. The average molecular weight is 659 g/mol. The monoisotopic (exact) mass is 657 g/mol. The Bertz CT molecular complexity index is 1970. The number of aromatic nitrogens is 1. The number of aryl methyl sites for hydroxylation is 1. The maximum absolute atomic E-state index is 14.0. The van der Waals surface area contributed by atoms with E-state index in [1.54, 1.807) is 48.8 Å². The fourth-order valence-electron chi connectivity index (χ4n) is 4.84. The van der Waals surface area contributed by atoms with Gasteiger partial charge in [0, 0.05) is 10.0 Å². The molecule has 3 aromatic carbocycles. The molecule has 5 rings (SSSR count). The number of nitrogens with zero attached hydrogens (tertiary/aromatic N) is 3. The molecule has 1 aliphatic rings. The largest absolute Gasteiger partial charge is 0.493 e. The Morgan fingerprint density at radius 2 is 1.88 bits per heavy atom. The number of carbonyl (C=O) groups is 1. The molecule has 0 saturated heterocycles. The minimum Gasteiger partial charge on any atom is -0.493 e. The summed E-state index contributed by atoms with van der Waals surface area (Å²) in [4.78, 5) is 32.2. The smallest absolute Gasteiger partial charge is 0.338 e. The van der Waals surface area contributed by atoms with Crippen LogP contribution in [0, 0.1) is 18.3 Å². The van der Waals surface area contributed by atoms with E-state index in [1.165, 1.54) is 18.4 Å². The first-order valence-electron chi connectivity index (χ1n) is 13.5. The fraction of sp³-hybridized carbons (Fsp3) is 0.212. The van der Waals surface area contributed by atoms with Crippen LogP contribution >= 0.6 is 27.3 Å². The van der Waals surface area contributed by atoms with E-state index in [2.05, 4.69) is 27.0 Å². The van der Waals surface area contributed by atoms with Crippen LogP contribution in [0.5, 0.6) is 11.5 Å². The molecule has 0 aliphatic carbocycles. The van der Waals surface area contributed by atoms with Crippen LogP contribution in [0.3, 0.4) is 0 Å². The Hall–Kier alpha value is -4.46. The molecule has 4 aromatic rings. The number of methoxy groups -OCH3 is 1. The molecule has 218 valence electrons. The minimum absolute atomic E-state index is 0.186. The zero-order valence-corrected chi connectivity index (χ0v) is 26.4. The number of hydrogen-bond acceptors (Lipinski definition) is 8. The van der Waals surface area contributed by atoms with Crippen molar-refractivity contribution in [2.24, 2.45) is 4.99 Å². The van der Waals surface area contributed by atoms with Gasteiger partial charge in [0.15, 0.2) is 16.3 Å². The zero-order chi connectivity index (χ0) is 30.7. The van der Waals surface area contributed by atoms with Crippen molar-refractivity contribution in [2.75, 3.05) is 13.7 Å². The van der Waals surface area contributed by atoms with Crippen molar-refractivity contribution in [1.29, 1.82) is 5.26 Å². The molecule has 0 amide bonds. The quantitative estimate of drug-likeness (QED) is 0.237. The van der Waals surface area contributed by atoms with Crippen LogP contribution < -0.4 is 24.4 Å². The lowest BCUT2D eigenvalue weighted by Crippen LogP contribution is -2.39. The normalized spacial score (nSPS) is 14.5. The number of ether oxygens (including phenoxy) is 3. The summed E-state index contributed by atoms with van der Waals surface area (Å²) in [6, 6.07) is 20.0. The summed E-state index contributed by atoms with van der Waals surface area (Å²) in [6.07, 6.45) is 1.76. The second-order valence-corrected chi connectivity index (χ2v) is 11.7. The summed E-state index contributed by atoms with van der Waals surface area (Å²) < 4.78 is 19.7. The standard InChI is InChI=1S/C33H28BrN3O5S/c1-5-41-32(39)29-20(3)36-33-37(30(29)21-12-10-19(2)11-13-21)31(38)28(43-33)15-24-14-26(40-4)27(16-25(24)34)42-18-23-9-7-6-8-22(23)17-35/h6-16,30H,5,18H2,1-4H3/b28-15+/t30-/m0/s1. The van der Waals surface area contributed by atoms with Gasteiger partial charge in [-0.1, -0.05) is 75.3 Å². The molecule has 0 N–H and O–H groups in total. The number of esters is 1. The van der Waals surface area contributed by atoms with Crippen LogP contribution in [0.4, 0.5) is 0 Å². The van der Waals surface area contributed by atoms with Gasteiger partial charge in [-0.3, -0.25) is 9.36 Å².